The summed E-state index contributed by atoms with van der Waals surface area (Å²) in [7, 11) is -1.64. The smallest absolute Gasteiger partial charge is 0.244 e. The Kier molecular flexibility index (Phi) is 5.48. The third-order valence-corrected chi connectivity index (χ3v) is 6.52. The van der Waals surface area contributed by atoms with Crippen LogP contribution in [-0.2, 0) is 10.0 Å². The van der Waals surface area contributed by atoms with Gasteiger partial charge in [0.2, 0.25) is 10.0 Å². The molecule has 22 heavy (non-hydrogen) atoms. The first-order chi connectivity index (χ1) is 10.3. The lowest BCUT2D eigenvalue weighted by molar-refractivity contribution is 0.293. The number of hydrogen-bond donors (Lipinski definition) is 0. The number of aryl methyl sites for hydroxylation is 1. The Hall–Kier alpha value is -0.690. The summed E-state index contributed by atoms with van der Waals surface area (Å²) in [6.07, 6.45) is 0.835. The summed E-state index contributed by atoms with van der Waals surface area (Å²) in [5, 5.41) is -0.0581. The quantitative estimate of drug-likeness (QED) is 0.821. The largest absolute Gasteiger partial charge is 0.306 e. The molecule has 0 aliphatic carbocycles. The van der Waals surface area contributed by atoms with Crippen molar-refractivity contribution >= 4 is 21.6 Å². The zero-order chi connectivity index (χ0) is 16.5. The Morgan fingerprint density at radius 3 is 2.77 bits per heavy atom. The Labute approximate surface area is 136 Å². The van der Waals surface area contributed by atoms with Gasteiger partial charge in [0, 0.05) is 19.6 Å². The van der Waals surface area contributed by atoms with E-state index >= 15 is 0 Å². The fourth-order valence-electron chi connectivity index (χ4n) is 2.70. The molecule has 1 heterocycles. The van der Waals surface area contributed by atoms with Gasteiger partial charge in [0.1, 0.15) is 10.7 Å². The van der Waals surface area contributed by atoms with Gasteiger partial charge in [0.15, 0.2) is 0 Å². The zero-order valence-electron chi connectivity index (χ0n) is 13.1. The topological polar surface area (TPSA) is 40.6 Å². The van der Waals surface area contributed by atoms with Gasteiger partial charge in [-0.05, 0) is 50.6 Å². The molecule has 1 aromatic rings. The van der Waals surface area contributed by atoms with Crippen LogP contribution in [0.4, 0.5) is 4.39 Å². The molecule has 0 unspecified atom stereocenters. The second kappa shape index (κ2) is 6.83. The maximum atomic E-state index is 13.5. The van der Waals surface area contributed by atoms with Gasteiger partial charge >= 0.3 is 0 Å². The second-order valence-corrected chi connectivity index (χ2v) is 8.22. The molecule has 1 atom stereocenters. The first-order valence-electron chi connectivity index (χ1n) is 7.40. The lowest BCUT2D eigenvalue weighted by Gasteiger charge is -2.20. The number of nitrogens with zero attached hydrogens (tertiary/aromatic N) is 2. The van der Waals surface area contributed by atoms with Crippen molar-refractivity contribution in [2.24, 2.45) is 5.92 Å². The van der Waals surface area contributed by atoms with Gasteiger partial charge in [-0.25, -0.2) is 12.8 Å². The van der Waals surface area contributed by atoms with Crippen molar-refractivity contribution in [1.29, 1.82) is 0 Å². The van der Waals surface area contributed by atoms with E-state index in [2.05, 4.69) is 11.8 Å². The average Bonchev–Trinajstić information content (AvgIpc) is 2.91. The first-order valence-corrected chi connectivity index (χ1v) is 9.21. The zero-order valence-corrected chi connectivity index (χ0v) is 14.7. The number of hydrogen-bond acceptors (Lipinski definition) is 3. The molecule has 1 aliphatic rings. The van der Waals surface area contributed by atoms with E-state index in [0.29, 0.717) is 19.0 Å². The van der Waals surface area contributed by atoms with E-state index in [1.165, 1.54) is 17.3 Å². The van der Waals surface area contributed by atoms with Crippen molar-refractivity contribution in [3.63, 3.8) is 0 Å². The summed E-state index contributed by atoms with van der Waals surface area (Å²) in [6, 6.07) is 2.39. The number of rotatable bonds is 5. The Bertz CT molecular complexity index is 651. The van der Waals surface area contributed by atoms with Crippen molar-refractivity contribution in [1.82, 2.24) is 9.21 Å². The molecule has 1 fully saturated rings. The SMILES string of the molecule is CCN(C)C[C@H]1CCN(S(=O)(=O)c2cc(C)c(F)cc2Cl)C1. The Balaban J connectivity index is 2.20. The van der Waals surface area contributed by atoms with Crippen LogP contribution in [0.2, 0.25) is 5.02 Å². The predicted molar refractivity (Wildman–Crippen MR) is 86.2 cm³/mol. The molecule has 2 rings (SSSR count). The van der Waals surface area contributed by atoms with E-state index in [0.717, 1.165) is 25.6 Å². The van der Waals surface area contributed by atoms with E-state index in [1.54, 1.807) is 0 Å². The van der Waals surface area contributed by atoms with Crippen LogP contribution in [0, 0.1) is 18.7 Å². The maximum Gasteiger partial charge on any atom is 0.244 e. The summed E-state index contributed by atoms with van der Waals surface area (Å²) in [5.41, 5.74) is 0.282. The summed E-state index contributed by atoms with van der Waals surface area (Å²) in [5.74, 6) is -0.173. The van der Waals surface area contributed by atoms with Crippen LogP contribution in [0.25, 0.3) is 0 Å². The summed E-state index contributed by atoms with van der Waals surface area (Å²) in [6.45, 7) is 6.39. The Morgan fingerprint density at radius 1 is 1.45 bits per heavy atom. The van der Waals surface area contributed by atoms with Crippen molar-refractivity contribution in [3.8, 4) is 0 Å². The van der Waals surface area contributed by atoms with Gasteiger partial charge < -0.3 is 4.90 Å². The molecular formula is C15H22ClFN2O2S. The first kappa shape index (κ1) is 17.7. The molecule has 0 saturated carbocycles. The molecule has 1 aliphatic heterocycles. The van der Waals surface area contributed by atoms with Gasteiger partial charge in [-0.2, -0.15) is 4.31 Å². The van der Waals surface area contributed by atoms with Gasteiger partial charge in [-0.15, -0.1) is 0 Å². The average molecular weight is 349 g/mol. The second-order valence-electron chi connectivity index (χ2n) is 5.90. The van der Waals surface area contributed by atoms with Crippen molar-refractivity contribution < 1.29 is 12.8 Å². The molecule has 1 aromatic carbocycles. The van der Waals surface area contributed by atoms with E-state index in [-0.39, 0.29) is 15.5 Å². The monoisotopic (exact) mass is 348 g/mol. The van der Waals surface area contributed by atoms with Crippen LogP contribution in [0.3, 0.4) is 0 Å². The maximum absolute atomic E-state index is 13.5. The highest BCUT2D eigenvalue weighted by atomic mass is 35.5. The minimum atomic E-state index is -3.67. The Morgan fingerprint density at radius 2 is 2.14 bits per heavy atom. The van der Waals surface area contributed by atoms with Gasteiger partial charge in [-0.1, -0.05) is 18.5 Å². The fraction of sp³-hybridized carbons (Fsp3) is 0.600. The highest BCUT2D eigenvalue weighted by Gasteiger charge is 2.34. The molecule has 1 saturated heterocycles. The molecule has 0 bridgehead atoms. The molecule has 7 heteroatoms. The minimum absolute atomic E-state index is 0.00226. The van der Waals surface area contributed by atoms with Crippen molar-refractivity contribution in [2.75, 3.05) is 33.2 Å². The molecule has 0 N–H and O–H groups in total. The van der Waals surface area contributed by atoms with Crippen molar-refractivity contribution in [2.45, 2.75) is 25.2 Å². The molecule has 0 aromatic heterocycles. The van der Waals surface area contributed by atoms with E-state index in [4.69, 9.17) is 11.6 Å². The minimum Gasteiger partial charge on any atom is -0.306 e. The molecule has 124 valence electrons. The van der Waals surface area contributed by atoms with E-state index in [1.807, 2.05) is 7.05 Å². The van der Waals surface area contributed by atoms with Gasteiger partial charge in [0.25, 0.3) is 0 Å². The highest BCUT2D eigenvalue weighted by molar-refractivity contribution is 7.89. The molecule has 4 nitrogen and oxygen atoms in total. The summed E-state index contributed by atoms with van der Waals surface area (Å²) < 4.78 is 40.4. The molecule has 0 amide bonds. The van der Waals surface area contributed by atoms with Crippen LogP contribution < -0.4 is 0 Å². The van der Waals surface area contributed by atoms with Crippen molar-refractivity contribution in [3.05, 3.63) is 28.5 Å². The predicted octanol–water partition coefficient (Wildman–Crippen LogP) is 2.75. The molecule has 0 radical (unpaired) electrons. The lowest BCUT2D eigenvalue weighted by Crippen LogP contribution is -2.32. The number of sulfonamides is 1. The van der Waals surface area contributed by atoms with Crippen LogP contribution in [0.5, 0.6) is 0 Å². The van der Waals surface area contributed by atoms with Crippen LogP contribution in [0.1, 0.15) is 18.9 Å². The van der Waals surface area contributed by atoms with Crippen LogP contribution >= 0.6 is 11.6 Å². The number of benzene rings is 1. The van der Waals surface area contributed by atoms with Crippen LogP contribution in [-0.4, -0.2) is 50.8 Å². The molecule has 0 spiro atoms. The fourth-order valence-corrected chi connectivity index (χ4v) is 4.81. The molecular weight excluding hydrogens is 327 g/mol. The highest BCUT2D eigenvalue weighted by Crippen LogP contribution is 2.30. The van der Waals surface area contributed by atoms with E-state index < -0.39 is 15.8 Å². The van der Waals surface area contributed by atoms with Crippen LogP contribution in [0.15, 0.2) is 17.0 Å². The number of halogens is 2. The summed E-state index contributed by atoms with van der Waals surface area (Å²) >= 11 is 5.95. The van der Waals surface area contributed by atoms with Gasteiger partial charge in [-0.3, -0.25) is 0 Å². The third kappa shape index (κ3) is 3.62. The van der Waals surface area contributed by atoms with E-state index in [9.17, 15) is 12.8 Å². The normalized spacial score (nSPS) is 20.0. The lowest BCUT2D eigenvalue weighted by atomic mass is 10.1. The summed E-state index contributed by atoms with van der Waals surface area (Å²) in [4.78, 5) is 2.17. The van der Waals surface area contributed by atoms with Gasteiger partial charge in [0.05, 0.1) is 5.02 Å². The third-order valence-electron chi connectivity index (χ3n) is 4.19. The standard InChI is InChI=1S/C15H22ClFN2O2S/c1-4-18(3)9-12-5-6-19(10-12)22(20,21)15-7-11(2)14(17)8-13(15)16/h7-8,12H,4-6,9-10H2,1-3H3/t12-/m1/s1.